The number of benzene rings is 1. The fourth-order valence-electron chi connectivity index (χ4n) is 2.38. The highest BCUT2D eigenvalue weighted by atomic mass is 35.5. The third kappa shape index (κ3) is 4.66. The summed E-state index contributed by atoms with van der Waals surface area (Å²) in [7, 11) is 1.52. The van der Waals surface area contributed by atoms with Crippen molar-refractivity contribution in [3.8, 4) is 11.5 Å². The number of methoxy groups -OCH3 is 1. The molecule has 1 aliphatic rings. The van der Waals surface area contributed by atoms with E-state index in [9.17, 15) is 5.11 Å². The second-order valence-corrected chi connectivity index (χ2v) is 4.93. The Morgan fingerprint density at radius 2 is 2.00 bits per heavy atom. The molecule has 0 unspecified atom stereocenters. The summed E-state index contributed by atoms with van der Waals surface area (Å²) in [4.78, 5) is 2.33. The molecule has 4 nitrogen and oxygen atoms in total. The molecule has 0 aromatic heterocycles. The number of nitrogens with zero attached hydrogens (tertiary/aromatic N) is 1. The lowest BCUT2D eigenvalue weighted by Gasteiger charge is -2.33. The van der Waals surface area contributed by atoms with Gasteiger partial charge in [-0.15, -0.1) is 31.4 Å². The Labute approximate surface area is 142 Å². The molecule has 0 spiro atoms. The third-order valence-electron chi connectivity index (χ3n) is 3.38. The molecule has 7 heteroatoms. The number of rotatable bonds is 4. The van der Waals surface area contributed by atoms with Crippen molar-refractivity contribution in [2.45, 2.75) is 6.04 Å². The van der Waals surface area contributed by atoms with Gasteiger partial charge in [-0.25, -0.2) is 0 Å². The zero-order chi connectivity index (χ0) is 13.8. The van der Waals surface area contributed by atoms with E-state index in [1.54, 1.807) is 6.07 Å². The first-order valence-corrected chi connectivity index (χ1v) is 6.69. The van der Waals surface area contributed by atoms with Crippen LogP contribution < -0.4 is 10.1 Å². The Morgan fingerprint density at radius 1 is 1.38 bits per heavy atom. The van der Waals surface area contributed by atoms with E-state index in [-0.39, 0.29) is 36.6 Å². The average molecular weight is 356 g/mol. The van der Waals surface area contributed by atoms with Crippen LogP contribution in [0.3, 0.4) is 0 Å². The molecule has 1 fully saturated rings. The predicted octanol–water partition coefficient (Wildman–Crippen LogP) is 3.03. The number of aromatic hydroxyl groups is 1. The Balaban J connectivity index is 0.00000200. The molecule has 2 rings (SSSR count). The van der Waals surface area contributed by atoms with Gasteiger partial charge in [0.15, 0.2) is 11.5 Å². The molecule has 0 aliphatic carbocycles. The molecule has 0 amide bonds. The van der Waals surface area contributed by atoms with Crippen LogP contribution >= 0.6 is 36.4 Å². The Kier molecular flexibility index (Phi) is 9.09. The molecule has 0 saturated carbocycles. The van der Waals surface area contributed by atoms with Crippen LogP contribution in [0.4, 0.5) is 0 Å². The Bertz CT molecular complexity index is 466. The summed E-state index contributed by atoms with van der Waals surface area (Å²) in [5.41, 5.74) is 0.983. The summed E-state index contributed by atoms with van der Waals surface area (Å²) in [6.45, 7) is 7.75. The minimum Gasteiger partial charge on any atom is -0.503 e. The van der Waals surface area contributed by atoms with Gasteiger partial charge in [-0.1, -0.05) is 17.7 Å². The smallest absolute Gasteiger partial charge is 0.176 e. The highest BCUT2D eigenvalue weighted by Crippen LogP contribution is 2.38. The van der Waals surface area contributed by atoms with Crippen molar-refractivity contribution >= 4 is 36.4 Å². The van der Waals surface area contributed by atoms with Gasteiger partial charge >= 0.3 is 0 Å². The van der Waals surface area contributed by atoms with E-state index in [1.165, 1.54) is 7.11 Å². The summed E-state index contributed by atoms with van der Waals surface area (Å²) in [5.74, 6) is 0.375. The van der Waals surface area contributed by atoms with Gasteiger partial charge in [-0.2, -0.15) is 0 Å². The molecule has 0 bridgehead atoms. The zero-order valence-electron chi connectivity index (χ0n) is 11.8. The summed E-state index contributed by atoms with van der Waals surface area (Å²) < 4.78 is 5.15. The molecule has 1 heterocycles. The van der Waals surface area contributed by atoms with E-state index in [1.807, 2.05) is 12.1 Å². The van der Waals surface area contributed by atoms with E-state index in [4.69, 9.17) is 16.3 Å². The number of halogens is 3. The van der Waals surface area contributed by atoms with Gasteiger partial charge in [-0.3, -0.25) is 4.90 Å². The SMILES string of the molecule is C=C[C@@H](c1cc(Cl)c(O)c(OC)c1)N1CCNCC1.Cl.Cl. The molecule has 1 aliphatic heterocycles. The van der Waals surface area contributed by atoms with E-state index in [0.717, 1.165) is 31.7 Å². The number of hydrogen-bond acceptors (Lipinski definition) is 4. The Hall–Kier alpha value is -0.650. The van der Waals surface area contributed by atoms with Crippen LogP contribution in [-0.4, -0.2) is 43.3 Å². The standard InChI is InChI=1S/C14H19ClN2O2.2ClH/c1-3-12(17-6-4-16-5-7-17)10-8-11(15)14(18)13(9-10)19-2;;/h3,8-9,12,16,18H,1,4-7H2,2H3;2*1H/t12-;;/m0../s1. The van der Waals surface area contributed by atoms with E-state index in [0.29, 0.717) is 10.8 Å². The maximum atomic E-state index is 9.78. The van der Waals surface area contributed by atoms with Crippen LogP contribution in [0.15, 0.2) is 24.8 Å². The van der Waals surface area contributed by atoms with Crippen LogP contribution in [0.5, 0.6) is 11.5 Å². The summed E-state index contributed by atoms with van der Waals surface area (Å²) >= 11 is 6.04. The second-order valence-electron chi connectivity index (χ2n) is 4.52. The van der Waals surface area contributed by atoms with Crippen molar-refractivity contribution < 1.29 is 9.84 Å². The van der Waals surface area contributed by atoms with Crippen LogP contribution in [0, 0.1) is 0 Å². The van der Waals surface area contributed by atoms with Gasteiger partial charge in [0.25, 0.3) is 0 Å². The lowest BCUT2D eigenvalue weighted by molar-refractivity contribution is 0.203. The normalized spacial score (nSPS) is 16.3. The van der Waals surface area contributed by atoms with Crippen LogP contribution in [0.25, 0.3) is 0 Å². The first kappa shape index (κ1) is 20.3. The van der Waals surface area contributed by atoms with Crippen LogP contribution in [0.1, 0.15) is 11.6 Å². The van der Waals surface area contributed by atoms with Gasteiger partial charge in [0.2, 0.25) is 0 Å². The first-order valence-electron chi connectivity index (χ1n) is 6.31. The van der Waals surface area contributed by atoms with Crippen molar-refractivity contribution in [2.24, 2.45) is 0 Å². The summed E-state index contributed by atoms with van der Waals surface area (Å²) in [6, 6.07) is 3.66. The Morgan fingerprint density at radius 3 is 2.52 bits per heavy atom. The summed E-state index contributed by atoms with van der Waals surface area (Å²) in [5, 5.41) is 13.4. The third-order valence-corrected chi connectivity index (χ3v) is 3.67. The van der Waals surface area contributed by atoms with Gasteiger partial charge in [0, 0.05) is 26.2 Å². The van der Waals surface area contributed by atoms with Crippen LogP contribution in [0.2, 0.25) is 5.02 Å². The molecule has 1 aromatic rings. The highest BCUT2D eigenvalue weighted by Gasteiger charge is 2.21. The number of piperazine rings is 1. The monoisotopic (exact) mass is 354 g/mol. The molecule has 0 radical (unpaired) electrons. The lowest BCUT2D eigenvalue weighted by atomic mass is 10.0. The van der Waals surface area contributed by atoms with E-state index in [2.05, 4.69) is 16.8 Å². The average Bonchev–Trinajstić information content (AvgIpc) is 2.44. The molecular weight excluding hydrogens is 335 g/mol. The van der Waals surface area contributed by atoms with Crippen molar-refractivity contribution in [3.63, 3.8) is 0 Å². The number of phenolic OH excluding ortho intramolecular Hbond substituents is 1. The van der Waals surface area contributed by atoms with Crippen LogP contribution in [-0.2, 0) is 0 Å². The number of hydrogen-bond donors (Lipinski definition) is 2. The van der Waals surface area contributed by atoms with Crippen molar-refractivity contribution in [3.05, 3.63) is 35.4 Å². The van der Waals surface area contributed by atoms with Gasteiger partial charge in [-0.05, 0) is 17.7 Å². The lowest BCUT2D eigenvalue weighted by Crippen LogP contribution is -2.44. The van der Waals surface area contributed by atoms with Crippen molar-refractivity contribution in [2.75, 3.05) is 33.3 Å². The predicted molar refractivity (Wildman–Crippen MR) is 91.5 cm³/mol. The van der Waals surface area contributed by atoms with Crippen molar-refractivity contribution in [1.29, 1.82) is 0 Å². The number of nitrogens with one attached hydrogen (secondary N) is 1. The topological polar surface area (TPSA) is 44.7 Å². The molecule has 1 atom stereocenters. The van der Waals surface area contributed by atoms with Gasteiger partial charge in [0.05, 0.1) is 18.2 Å². The minimum absolute atomic E-state index is 0. The fourth-order valence-corrected chi connectivity index (χ4v) is 2.60. The number of ether oxygens (including phenoxy) is 1. The molecule has 1 saturated heterocycles. The maximum absolute atomic E-state index is 9.78. The summed E-state index contributed by atoms with van der Waals surface area (Å²) in [6.07, 6.45) is 1.90. The molecular formula is C14H21Cl3N2O2. The molecule has 1 aromatic carbocycles. The molecule has 2 N–H and O–H groups in total. The van der Waals surface area contributed by atoms with Gasteiger partial charge in [0.1, 0.15) is 0 Å². The quantitative estimate of drug-likeness (QED) is 0.815. The minimum atomic E-state index is -0.0176. The van der Waals surface area contributed by atoms with E-state index < -0.39 is 0 Å². The second kappa shape index (κ2) is 9.38. The molecule has 120 valence electrons. The maximum Gasteiger partial charge on any atom is 0.176 e. The van der Waals surface area contributed by atoms with Crippen molar-refractivity contribution in [1.82, 2.24) is 10.2 Å². The number of phenols is 1. The largest absolute Gasteiger partial charge is 0.503 e. The van der Waals surface area contributed by atoms with E-state index >= 15 is 0 Å². The highest BCUT2D eigenvalue weighted by molar-refractivity contribution is 6.32. The first-order chi connectivity index (χ1) is 9.17. The fraction of sp³-hybridized carbons (Fsp3) is 0.429. The zero-order valence-corrected chi connectivity index (χ0v) is 14.2. The molecule has 21 heavy (non-hydrogen) atoms. The van der Waals surface area contributed by atoms with Gasteiger partial charge < -0.3 is 15.2 Å².